The summed E-state index contributed by atoms with van der Waals surface area (Å²) < 4.78 is 13.1. The van der Waals surface area contributed by atoms with Gasteiger partial charge in [0.25, 0.3) is 5.88 Å². The second kappa shape index (κ2) is 4.35. The largest absolute Gasteiger partial charge is 0.434 e. The molecule has 1 aromatic heterocycles. The number of halogens is 2. The predicted molar refractivity (Wildman–Crippen MR) is 61.2 cm³/mol. The van der Waals surface area contributed by atoms with Crippen molar-refractivity contribution in [2.45, 2.75) is 6.92 Å². The number of benzene rings is 1. The highest BCUT2D eigenvalue weighted by Crippen LogP contribution is 2.32. The maximum Gasteiger partial charge on any atom is 0.270 e. The smallest absolute Gasteiger partial charge is 0.270 e. The number of rotatable bonds is 2. The first kappa shape index (κ1) is 10.7. The Hall–Kier alpha value is -0.840. The molecule has 15 heavy (non-hydrogen) atoms. The highest BCUT2D eigenvalue weighted by molar-refractivity contribution is 6.99. The van der Waals surface area contributed by atoms with E-state index in [1.807, 2.05) is 19.1 Å². The van der Waals surface area contributed by atoms with E-state index < -0.39 is 0 Å². The summed E-state index contributed by atoms with van der Waals surface area (Å²) in [4.78, 5) is 0. The molecule has 0 fully saturated rings. The molecule has 0 aliphatic heterocycles. The standard InChI is InChI=1S/C9H6Cl2N2OS/c1-5-2-3-7(6(10)4-5)14-9-8(11)12-15-13-9/h2-4H,1H3. The fourth-order valence-corrected chi connectivity index (χ4v) is 1.91. The minimum atomic E-state index is 0.247. The summed E-state index contributed by atoms with van der Waals surface area (Å²) in [6, 6.07) is 5.48. The second-order valence-corrected chi connectivity index (χ2v) is 4.19. The van der Waals surface area contributed by atoms with E-state index in [2.05, 4.69) is 8.75 Å². The first-order valence-electron chi connectivity index (χ1n) is 4.09. The molecule has 0 saturated carbocycles. The summed E-state index contributed by atoms with van der Waals surface area (Å²) in [5, 5.41) is 0.774. The topological polar surface area (TPSA) is 35.0 Å². The van der Waals surface area contributed by atoms with E-state index >= 15 is 0 Å². The lowest BCUT2D eigenvalue weighted by atomic mass is 10.2. The Labute approximate surface area is 101 Å². The maximum absolute atomic E-state index is 5.99. The highest BCUT2D eigenvalue weighted by atomic mass is 35.5. The molecule has 0 spiro atoms. The minimum Gasteiger partial charge on any atom is -0.434 e. The van der Waals surface area contributed by atoms with E-state index in [4.69, 9.17) is 27.9 Å². The van der Waals surface area contributed by atoms with Gasteiger partial charge in [-0.2, -0.15) is 4.37 Å². The van der Waals surface area contributed by atoms with Crippen LogP contribution in [0.3, 0.4) is 0 Å². The van der Waals surface area contributed by atoms with Crippen LogP contribution in [0.4, 0.5) is 0 Å². The third-order valence-electron chi connectivity index (χ3n) is 1.72. The second-order valence-electron chi connectivity index (χ2n) is 2.90. The first-order valence-corrected chi connectivity index (χ1v) is 5.57. The van der Waals surface area contributed by atoms with Gasteiger partial charge < -0.3 is 4.74 Å². The molecule has 0 radical (unpaired) electrons. The summed E-state index contributed by atoms with van der Waals surface area (Å²) in [5.74, 6) is 0.810. The van der Waals surface area contributed by atoms with Crippen molar-refractivity contribution in [3.63, 3.8) is 0 Å². The van der Waals surface area contributed by atoms with Gasteiger partial charge in [0.05, 0.1) is 16.8 Å². The number of hydrogen-bond donors (Lipinski definition) is 0. The molecule has 1 heterocycles. The monoisotopic (exact) mass is 260 g/mol. The van der Waals surface area contributed by atoms with Gasteiger partial charge in [0.15, 0.2) is 0 Å². The zero-order valence-electron chi connectivity index (χ0n) is 7.70. The average molecular weight is 261 g/mol. The molecule has 2 rings (SSSR count). The van der Waals surface area contributed by atoms with Crippen LogP contribution in [0.5, 0.6) is 11.6 Å². The Morgan fingerprint density at radius 1 is 1.27 bits per heavy atom. The Bertz CT molecular complexity index is 487. The Balaban J connectivity index is 2.29. The van der Waals surface area contributed by atoms with Crippen molar-refractivity contribution in [3.8, 4) is 11.6 Å². The summed E-state index contributed by atoms with van der Waals surface area (Å²) >= 11 is 12.7. The van der Waals surface area contributed by atoms with Crippen LogP contribution in [-0.2, 0) is 0 Å². The van der Waals surface area contributed by atoms with E-state index in [1.54, 1.807) is 6.07 Å². The van der Waals surface area contributed by atoms with Crippen molar-refractivity contribution in [2.75, 3.05) is 0 Å². The fourth-order valence-electron chi connectivity index (χ4n) is 1.02. The SMILES string of the molecule is Cc1ccc(Oc2nsnc2Cl)c(Cl)c1. The van der Waals surface area contributed by atoms with Crippen molar-refractivity contribution in [1.82, 2.24) is 8.75 Å². The average Bonchev–Trinajstić information content (AvgIpc) is 2.57. The molecule has 0 bridgehead atoms. The quantitative estimate of drug-likeness (QED) is 0.821. The molecule has 6 heteroatoms. The van der Waals surface area contributed by atoms with Crippen LogP contribution in [-0.4, -0.2) is 8.75 Å². The molecule has 0 aliphatic carbocycles. The highest BCUT2D eigenvalue weighted by Gasteiger charge is 2.10. The zero-order valence-corrected chi connectivity index (χ0v) is 10.0. The number of ether oxygens (including phenoxy) is 1. The van der Waals surface area contributed by atoms with Gasteiger partial charge in [0.1, 0.15) is 5.75 Å². The lowest BCUT2D eigenvalue weighted by Crippen LogP contribution is -1.86. The van der Waals surface area contributed by atoms with Gasteiger partial charge in [-0.3, -0.25) is 0 Å². The molecule has 78 valence electrons. The summed E-state index contributed by atoms with van der Waals surface area (Å²) in [6.07, 6.45) is 0. The number of hydrogen-bond acceptors (Lipinski definition) is 4. The van der Waals surface area contributed by atoms with Gasteiger partial charge in [-0.1, -0.05) is 29.3 Å². The maximum atomic E-state index is 5.99. The van der Waals surface area contributed by atoms with E-state index in [-0.39, 0.29) is 11.0 Å². The Kier molecular flexibility index (Phi) is 3.09. The molecule has 0 amide bonds. The fraction of sp³-hybridized carbons (Fsp3) is 0.111. The van der Waals surface area contributed by atoms with Crippen LogP contribution in [0.2, 0.25) is 10.2 Å². The van der Waals surface area contributed by atoms with Crippen molar-refractivity contribution in [3.05, 3.63) is 33.9 Å². The van der Waals surface area contributed by atoms with Crippen molar-refractivity contribution in [1.29, 1.82) is 0 Å². The van der Waals surface area contributed by atoms with Crippen molar-refractivity contribution >= 4 is 34.9 Å². The molecular weight excluding hydrogens is 255 g/mol. The summed E-state index contributed by atoms with van der Waals surface area (Å²) in [5.41, 5.74) is 1.06. The third kappa shape index (κ3) is 2.40. The third-order valence-corrected chi connectivity index (χ3v) is 2.87. The summed E-state index contributed by atoms with van der Waals surface area (Å²) in [6.45, 7) is 1.95. The van der Waals surface area contributed by atoms with Crippen LogP contribution in [0.1, 0.15) is 5.56 Å². The van der Waals surface area contributed by atoms with Crippen molar-refractivity contribution in [2.24, 2.45) is 0 Å². The van der Waals surface area contributed by atoms with Crippen LogP contribution >= 0.6 is 34.9 Å². The Morgan fingerprint density at radius 3 is 2.67 bits per heavy atom. The van der Waals surface area contributed by atoms with E-state index in [0.717, 1.165) is 17.3 Å². The molecule has 0 saturated heterocycles. The normalized spacial score (nSPS) is 10.3. The number of nitrogens with zero attached hydrogens (tertiary/aromatic N) is 2. The van der Waals surface area contributed by atoms with E-state index in [1.165, 1.54) is 0 Å². The lowest BCUT2D eigenvalue weighted by molar-refractivity contribution is 0.468. The zero-order chi connectivity index (χ0) is 10.8. The minimum absolute atomic E-state index is 0.247. The molecule has 2 aromatic rings. The molecule has 0 atom stereocenters. The van der Waals surface area contributed by atoms with Gasteiger partial charge in [0.2, 0.25) is 5.15 Å². The molecule has 0 N–H and O–H groups in total. The lowest BCUT2D eigenvalue weighted by Gasteiger charge is -2.04. The van der Waals surface area contributed by atoms with Gasteiger partial charge in [-0.05, 0) is 24.6 Å². The molecule has 0 aliphatic rings. The van der Waals surface area contributed by atoms with Crippen molar-refractivity contribution < 1.29 is 4.74 Å². The molecular formula is C9H6Cl2N2OS. The van der Waals surface area contributed by atoms with Gasteiger partial charge >= 0.3 is 0 Å². The van der Waals surface area contributed by atoms with E-state index in [9.17, 15) is 0 Å². The van der Waals surface area contributed by atoms with Crippen LogP contribution in [0.25, 0.3) is 0 Å². The Morgan fingerprint density at radius 2 is 2.07 bits per heavy atom. The predicted octanol–water partition coefficient (Wildman–Crippen LogP) is 3.95. The van der Waals surface area contributed by atoms with Crippen LogP contribution in [0.15, 0.2) is 18.2 Å². The first-order chi connectivity index (χ1) is 7.16. The molecule has 1 aromatic carbocycles. The van der Waals surface area contributed by atoms with E-state index in [0.29, 0.717) is 10.8 Å². The summed E-state index contributed by atoms with van der Waals surface area (Å²) in [7, 11) is 0. The van der Waals surface area contributed by atoms with Crippen LogP contribution in [0, 0.1) is 6.92 Å². The van der Waals surface area contributed by atoms with Gasteiger partial charge in [-0.25, -0.2) is 0 Å². The van der Waals surface area contributed by atoms with Gasteiger partial charge in [-0.15, -0.1) is 4.37 Å². The molecule has 3 nitrogen and oxygen atoms in total. The number of aromatic nitrogens is 2. The van der Waals surface area contributed by atoms with Crippen LogP contribution < -0.4 is 4.74 Å². The number of aryl methyl sites for hydroxylation is 1. The van der Waals surface area contributed by atoms with Gasteiger partial charge in [0, 0.05) is 0 Å². The molecule has 0 unspecified atom stereocenters.